The van der Waals surface area contributed by atoms with Crippen LogP contribution < -0.4 is 5.32 Å². The average molecular weight is 214 g/mol. The Labute approximate surface area is 87.4 Å². The van der Waals surface area contributed by atoms with Gasteiger partial charge in [-0.15, -0.1) is 11.8 Å². The Morgan fingerprint density at radius 3 is 2.71 bits per heavy atom. The number of carbonyl (C=O) groups is 1. The number of thioether (sulfide) groups is 1. The number of oxime groups is 1. The van der Waals surface area contributed by atoms with Crippen molar-refractivity contribution in [3.63, 3.8) is 0 Å². The summed E-state index contributed by atoms with van der Waals surface area (Å²) in [5, 5.41) is 7.99. The summed E-state index contributed by atoms with van der Waals surface area (Å²) in [4.78, 5) is 15.5. The molecule has 0 radical (unpaired) electrons. The van der Waals surface area contributed by atoms with Crippen LogP contribution in [0.4, 0.5) is 4.79 Å². The van der Waals surface area contributed by atoms with Crippen molar-refractivity contribution in [3.8, 4) is 0 Å². The molecule has 0 unspecified atom stereocenters. The van der Waals surface area contributed by atoms with Crippen molar-refractivity contribution in [2.24, 2.45) is 11.1 Å². The Kier molecular flexibility index (Phi) is 2.96. The molecular weight excluding hydrogens is 200 g/mol. The minimum atomic E-state index is -0.487. The summed E-state index contributed by atoms with van der Waals surface area (Å²) in [6.45, 7) is 0. The van der Waals surface area contributed by atoms with Crippen LogP contribution in [-0.4, -0.2) is 23.4 Å². The van der Waals surface area contributed by atoms with E-state index < -0.39 is 6.09 Å². The lowest BCUT2D eigenvalue weighted by Gasteiger charge is -2.35. The molecule has 1 amide bonds. The zero-order chi connectivity index (χ0) is 9.97. The van der Waals surface area contributed by atoms with Gasteiger partial charge in [0, 0.05) is 18.2 Å². The third-order valence-electron chi connectivity index (χ3n) is 2.73. The first-order valence-corrected chi connectivity index (χ1v) is 5.81. The molecule has 78 valence electrons. The fourth-order valence-corrected chi connectivity index (χ4v) is 3.28. The maximum absolute atomic E-state index is 10.8. The minimum absolute atomic E-state index is 0.487. The van der Waals surface area contributed by atoms with Crippen molar-refractivity contribution in [2.45, 2.75) is 30.9 Å². The third-order valence-corrected chi connectivity index (χ3v) is 4.19. The molecule has 5 heteroatoms. The number of carbonyl (C=O) groups excluding carboxylic acids is 1. The first-order chi connectivity index (χ1) is 6.79. The first-order valence-electron chi connectivity index (χ1n) is 4.93. The van der Waals surface area contributed by atoms with Gasteiger partial charge in [0.05, 0.1) is 0 Å². The lowest BCUT2D eigenvalue weighted by Crippen LogP contribution is -2.30. The monoisotopic (exact) mass is 214 g/mol. The predicted octanol–water partition coefficient (Wildman–Crippen LogP) is 1.96. The Balaban J connectivity index is 1.94. The molecule has 0 aromatic carbocycles. The average Bonchev–Trinajstić information content (AvgIpc) is 2.27. The van der Waals surface area contributed by atoms with Crippen LogP contribution in [0.15, 0.2) is 5.16 Å². The Morgan fingerprint density at radius 2 is 2.21 bits per heavy atom. The van der Waals surface area contributed by atoms with Crippen molar-refractivity contribution in [3.05, 3.63) is 0 Å². The van der Waals surface area contributed by atoms with Crippen LogP contribution >= 0.6 is 11.8 Å². The van der Waals surface area contributed by atoms with Crippen LogP contribution in [0.25, 0.3) is 0 Å². The normalized spacial score (nSPS) is 33.1. The Bertz CT molecular complexity index is 260. The van der Waals surface area contributed by atoms with E-state index in [0.29, 0.717) is 11.2 Å². The quantitative estimate of drug-likeness (QED) is 0.536. The zero-order valence-corrected chi connectivity index (χ0v) is 8.97. The van der Waals surface area contributed by atoms with Gasteiger partial charge >= 0.3 is 6.09 Å². The van der Waals surface area contributed by atoms with E-state index in [1.165, 1.54) is 32.7 Å². The Hall–Kier alpha value is -0.710. The molecule has 1 N–H and O–H groups in total. The van der Waals surface area contributed by atoms with E-state index >= 15 is 0 Å². The molecule has 0 aromatic heterocycles. The molecule has 3 fully saturated rings. The summed E-state index contributed by atoms with van der Waals surface area (Å²) in [5.41, 5.74) is 0. The number of nitrogens with zero attached hydrogens (tertiary/aromatic N) is 1. The van der Waals surface area contributed by atoms with Gasteiger partial charge in [-0.2, -0.15) is 0 Å². The number of nitrogens with one attached hydrogen (secondary N) is 1. The zero-order valence-electron chi connectivity index (χ0n) is 8.16. The van der Waals surface area contributed by atoms with Crippen LogP contribution in [0.5, 0.6) is 0 Å². The predicted molar refractivity (Wildman–Crippen MR) is 56.3 cm³/mol. The van der Waals surface area contributed by atoms with Gasteiger partial charge in [-0.25, -0.2) is 4.79 Å². The van der Waals surface area contributed by atoms with Crippen molar-refractivity contribution >= 4 is 22.9 Å². The summed E-state index contributed by atoms with van der Waals surface area (Å²) in [6, 6.07) is 0. The largest absolute Gasteiger partial charge is 0.433 e. The maximum atomic E-state index is 10.8. The third kappa shape index (κ3) is 2.03. The molecule has 2 saturated heterocycles. The summed E-state index contributed by atoms with van der Waals surface area (Å²) in [7, 11) is 1.53. The van der Waals surface area contributed by atoms with Gasteiger partial charge in [0.25, 0.3) is 0 Å². The molecule has 0 atom stereocenters. The lowest BCUT2D eigenvalue weighted by molar-refractivity contribution is 0.152. The molecule has 0 aromatic rings. The highest BCUT2D eigenvalue weighted by Gasteiger charge is 2.34. The highest BCUT2D eigenvalue weighted by molar-refractivity contribution is 8.14. The number of amides is 1. The van der Waals surface area contributed by atoms with Gasteiger partial charge in [-0.3, -0.25) is 4.84 Å². The maximum Gasteiger partial charge on any atom is 0.433 e. The van der Waals surface area contributed by atoms with Crippen LogP contribution in [0, 0.1) is 5.92 Å². The van der Waals surface area contributed by atoms with Crippen molar-refractivity contribution in [2.75, 3.05) is 7.05 Å². The molecule has 2 aliphatic heterocycles. The number of rotatable bonds is 1. The van der Waals surface area contributed by atoms with Gasteiger partial charge in [0.1, 0.15) is 5.04 Å². The number of hydrogen-bond acceptors (Lipinski definition) is 4. The van der Waals surface area contributed by atoms with E-state index in [4.69, 9.17) is 4.84 Å². The molecule has 3 rings (SSSR count). The van der Waals surface area contributed by atoms with E-state index in [1.807, 2.05) is 0 Å². The highest BCUT2D eigenvalue weighted by atomic mass is 32.2. The lowest BCUT2D eigenvalue weighted by atomic mass is 9.89. The van der Waals surface area contributed by atoms with Gasteiger partial charge in [-0.05, 0) is 25.7 Å². The number of hydrogen-bond donors (Lipinski definition) is 1. The molecule has 14 heavy (non-hydrogen) atoms. The second kappa shape index (κ2) is 4.21. The van der Waals surface area contributed by atoms with Crippen LogP contribution in [0.1, 0.15) is 25.7 Å². The summed E-state index contributed by atoms with van der Waals surface area (Å²) in [5.74, 6) is 0.537. The van der Waals surface area contributed by atoms with Crippen LogP contribution in [-0.2, 0) is 4.84 Å². The second-order valence-corrected chi connectivity index (χ2v) is 4.97. The SMILES string of the molecule is CNC(=O)ON=C1SC2CCC1CC2. The van der Waals surface area contributed by atoms with Crippen molar-refractivity contribution in [1.29, 1.82) is 0 Å². The van der Waals surface area contributed by atoms with E-state index in [0.717, 1.165) is 5.04 Å². The van der Waals surface area contributed by atoms with E-state index in [-0.39, 0.29) is 0 Å². The molecule has 1 saturated carbocycles. The van der Waals surface area contributed by atoms with Gasteiger partial charge in [0.2, 0.25) is 0 Å². The van der Waals surface area contributed by atoms with E-state index in [1.54, 1.807) is 11.8 Å². The standard InChI is InChI=1S/C9H14N2O2S/c1-10-9(12)13-11-8-6-2-4-7(14-8)5-3-6/h6-7H,2-5H2,1H3,(H,10,12). The summed E-state index contributed by atoms with van der Waals surface area (Å²) < 4.78 is 0. The molecular formula is C9H14N2O2S. The highest BCUT2D eigenvalue weighted by Crippen LogP contribution is 2.42. The van der Waals surface area contributed by atoms with Gasteiger partial charge < -0.3 is 5.32 Å². The fraction of sp³-hybridized carbons (Fsp3) is 0.778. The molecule has 4 nitrogen and oxygen atoms in total. The molecule has 3 aliphatic rings. The minimum Gasteiger partial charge on any atom is -0.323 e. The number of fused-ring (bicyclic) bond motifs is 3. The summed E-state index contributed by atoms with van der Waals surface area (Å²) >= 11 is 1.78. The first kappa shape index (κ1) is 9.83. The summed E-state index contributed by atoms with van der Waals surface area (Å²) in [6.07, 6.45) is 4.49. The molecule has 1 aliphatic carbocycles. The van der Waals surface area contributed by atoms with Crippen molar-refractivity contribution < 1.29 is 9.63 Å². The topological polar surface area (TPSA) is 50.7 Å². The molecule has 0 spiro atoms. The molecule has 2 heterocycles. The Morgan fingerprint density at radius 1 is 1.50 bits per heavy atom. The second-order valence-electron chi connectivity index (χ2n) is 3.65. The van der Waals surface area contributed by atoms with Crippen molar-refractivity contribution in [1.82, 2.24) is 5.32 Å². The van der Waals surface area contributed by atoms with Crippen LogP contribution in [0.2, 0.25) is 0 Å². The molecule has 2 bridgehead atoms. The van der Waals surface area contributed by atoms with Gasteiger partial charge in [0.15, 0.2) is 0 Å². The smallest absolute Gasteiger partial charge is 0.323 e. The van der Waals surface area contributed by atoms with Crippen LogP contribution in [0.3, 0.4) is 0 Å². The van der Waals surface area contributed by atoms with E-state index in [2.05, 4.69) is 10.5 Å². The fourth-order valence-electron chi connectivity index (χ4n) is 1.92. The van der Waals surface area contributed by atoms with Gasteiger partial charge in [-0.1, -0.05) is 5.16 Å². The van der Waals surface area contributed by atoms with E-state index in [9.17, 15) is 4.79 Å².